The van der Waals surface area contributed by atoms with Gasteiger partial charge in [0.2, 0.25) is 5.82 Å². The lowest BCUT2D eigenvalue weighted by Gasteiger charge is -2.14. The highest BCUT2D eigenvalue weighted by Crippen LogP contribution is 2.32. The Morgan fingerprint density at radius 1 is 0.805 bits per heavy atom. The topological polar surface area (TPSA) is 136 Å². The van der Waals surface area contributed by atoms with Gasteiger partial charge in [0.05, 0.1) is 12.7 Å². The van der Waals surface area contributed by atoms with E-state index in [-0.39, 0.29) is 12.4 Å². The smallest absolute Gasteiger partial charge is 0.205 e. The molecule has 1 heterocycles. The molecular weight excluding hydrogens is 518 g/mol. The first-order valence-corrected chi connectivity index (χ1v) is 14.5. The number of nitrogens with one attached hydrogen (secondary N) is 2. The maximum Gasteiger partial charge on any atom is 0.205 e. The fourth-order valence-corrected chi connectivity index (χ4v) is 4.92. The van der Waals surface area contributed by atoms with Crippen LogP contribution in [0.5, 0.6) is 5.75 Å². The number of hydrogen-bond donors (Lipinski definition) is 5. The van der Waals surface area contributed by atoms with Gasteiger partial charge in [0.1, 0.15) is 5.75 Å². The SMILES string of the molecule is OCc1cc([C@@H](O)CNCCCCCCOCCCCc2ccccc2-c2ccccc2-c2nn[nH]n2)ccc1O. The zero-order chi connectivity index (χ0) is 28.7. The average molecular weight is 560 g/mol. The number of ether oxygens (including phenoxy) is 1. The second-order valence-corrected chi connectivity index (χ2v) is 10.2. The number of aliphatic hydroxyl groups is 2. The molecule has 0 unspecified atom stereocenters. The van der Waals surface area contributed by atoms with Crippen LogP contribution in [0.4, 0.5) is 0 Å². The van der Waals surface area contributed by atoms with E-state index in [1.165, 1.54) is 17.2 Å². The maximum absolute atomic E-state index is 10.3. The molecule has 0 saturated heterocycles. The molecular formula is C32H41N5O4. The van der Waals surface area contributed by atoms with E-state index in [0.717, 1.165) is 75.8 Å². The fraction of sp³-hybridized carbons (Fsp3) is 0.406. The summed E-state index contributed by atoms with van der Waals surface area (Å²) < 4.78 is 5.88. The Morgan fingerprint density at radius 2 is 1.54 bits per heavy atom. The van der Waals surface area contributed by atoms with E-state index in [1.807, 2.05) is 18.2 Å². The molecule has 0 aliphatic heterocycles. The molecule has 0 aliphatic rings. The van der Waals surface area contributed by atoms with Crippen molar-refractivity contribution in [2.45, 2.75) is 57.7 Å². The third-order valence-corrected chi connectivity index (χ3v) is 7.19. The molecule has 0 saturated carbocycles. The van der Waals surface area contributed by atoms with Crippen molar-refractivity contribution < 1.29 is 20.1 Å². The fourth-order valence-electron chi connectivity index (χ4n) is 4.92. The van der Waals surface area contributed by atoms with Crippen molar-refractivity contribution in [2.24, 2.45) is 0 Å². The quantitative estimate of drug-likeness (QED) is 0.108. The van der Waals surface area contributed by atoms with Crippen molar-refractivity contribution in [3.8, 4) is 28.3 Å². The van der Waals surface area contributed by atoms with Gasteiger partial charge in [0.15, 0.2) is 0 Å². The maximum atomic E-state index is 10.3. The number of tetrazole rings is 1. The van der Waals surface area contributed by atoms with Gasteiger partial charge in [-0.2, -0.15) is 5.21 Å². The summed E-state index contributed by atoms with van der Waals surface area (Å²) in [5.74, 6) is 0.643. The lowest BCUT2D eigenvalue weighted by molar-refractivity contribution is 0.126. The molecule has 0 radical (unpaired) electrons. The first kappa shape index (κ1) is 30.3. The van der Waals surface area contributed by atoms with Gasteiger partial charge < -0.3 is 25.4 Å². The van der Waals surface area contributed by atoms with Crippen LogP contribution in [0.25, 0.3) is 22.5 Å². The molecule has 41 heavy (non-hydrogen) atoms. The zero-order valence-electron chi connectivity index (χ0n) is 23.5. The normalized spacial score (nSPS) is 12.0. The molecule has 9 heteroatoms. The second-order valence-electron chi connectivity index (χ2n) is 10.2. The third-order valence-electron chi connectivity index (χ3n) is 7.19. The molecule has 4 aromatic rings. The molecule has 0 bridgehead atoms. The third kappa shape index (κ3) is 9.19. The number of unbranched alkanes of at least 4 members (excludes halogenated alkanes) is 4. The van der Waals surface area contributed by atoms with Crippen LogP contribution < -0.4 is 5.32 Å². The number of aliphatic hydroxyl groups excluding tert-OH is 2. The summed E-state index contributed by atoms with van der Waals surface area (Å²) >= 11 is 0. The molecule has 0 amide bonds. The minimum Gasteiger partial charge on any atom is -0.508 e. The molecule has 0 spiro atoms. The van der Waals surface area contributed by atoms with Crippen molar-refractivity contribution in [1.29, 1.82) is 0 Å². The number of hydrogen-bond acceptors (Lipinski definition) is 8. The van der Waals surface area contributed by atoms with E-state index in [9.17, 15) is 15.3 Å². The van der Waals surface area contributed by atoms with E-state index < -0.39 is 6.10 Å². The molecule has 1 atom stereocenters. The predicted octanol–water partition coefficient (Wildman–Crippen LogP) is 4.95. The first-order chi connectivity index (χ1) is 20.2. The van der Waals surface area contributed by atoms with Crippen LogP contribution in [0.3, 0.4) is 0 Å². The van der Waals surface area contributed by atoms with Gasteiger partial charge in [-0.25, -0.2) is 0 Å². The Hall–Kier alpha value is -3.63. The van der Waals surface area contributed by atoms with E-state index in [4.69, 9.17) is 4.74 Å². The van der Waals surface area contributed by atoms with Gasteiger partial charge in [-0.15, -0.1) is 10.2 Å². The number of aromatic nitrogens is 4. The highest BCUT2D eigenvalue weighted by atomic mass is 16.5. The van der Waals surface area contributed by atoms with Crippen LogP contribution in [0.15, 0.2) is 66.7 Å². The monoisotopic (exact) mass is 559 g/mol. The van der Waals surface area contributed by atoms with E-state index >= 15 is 0 Å². The van der Waals surface area contributed by atoms with Crippen molar-refractivity contribution in [3.05, 3.63) is 83.4 Å². The summed E-state index contributed by atoms with van der Waals surface area (Å²) in [7, 11) is 0. The molecule has 0 fully saturated rings. The number of aromatic hydroxyl groups is 1. The van der Waals surface area contributed by atoms with Crippen molar-refractivity contribution in [2.75, 3.05) is 26.3 Å². The Labute approximate surface area is 241 Å². The van der Waals surface area contributed by atoms with E-state index in [1.54, 1.807) is 12.1 Å². The molecule has 0 aliphatic carbocycles. The molecule has 4 rings (SSSR count). The molecule has 218 valence electrons. The molecule has 5 N–H and O–H groups in total. The van der Waals surface area contributed by atoms with Gasteiger partial charge in [-0.3, -0.25) is 0 Å². The minimum atomic E-state index is -0.671. The summed E-state index contributed by atoms with van der Waals surface area (Å²) in [6.07, 6.45) is 6.72. The number of aryl methyl sites for hydroxylation is 1. The number of phenols is 1. The standard InChI is InChI=1S/C32H41N5O4/c38-23-26-21-25(16-17-30(26)39)31(40)22-33-18-8-1-2-9-19-41-20-10-7-12-24-11-3-4-13-27(24)28-14-5-6-15-29(28)32-34-36-37-35-32/h3-6,11,13-17,21,31,33,38-40H,1-2,7-10,12,18-20,22-23H2,(H,34,35,36,37)/t31-/m0/s1. The predicted molar refractivity (Wildman–Crippen MR) is 159 cm³/mol. The largest absolute Gasteiger partial charge is 0.508 e. The number of nitrogens with zero attached hydrogens (tertiary/aromatic N) is 3. The van der Waals surface area contributed by atoms with Crippen LogP contribution in [-0.2, 0) is 17.8 Å². The molecule has 1 aromatic heterocycles. The number of rotatable bonds is 18. The summed E-state index contributed by atoms with van der Waals surface area (Å²) in [6, 6.07) is 21.5. The number of benzene rings is 3. The van der Waals surface area contributed by atoms with Crippen LogP contribution in [0.2, 0.25) is 0 Å². The minimum absolute atomic E-state index is 0.0435. The summed E-state index contributed by atoms with van der Waals surface area (Å²) in [5.41, 5.74) is 5.70. The van der Waals surface area contributed by atoms with Gasteiger partial charge in [0.25, 0.3) is 0 Å². The lowest BCUT2D eigenvalue weighted by Crippen LogP contribution is -2.22. The van der Waals surface area contributed by atoms with E-state index in [0.29, 0.717) is 23.5 Å². The van der Waals surface area contributed by atoms with Crippen molar-refractivity contribution in [3.63, 3.8) is 0 Å². The van der Waals surface area contributed by atoms with Crippen LogP contribution in [0, 0.1) is 0 Å². The van der Waals surface area contributed by atoms with Crippen molar-refractivity contribution in [1.82, 2.24) is 25.9 Å². The summed E-state index contributed by atoms with van der Waals surface area (Å²) in [4.78, 5) is 0. The summed E-state index contributed by atoms with van der Waals surface area (Å²) in [6.45, 7) is 2.58. The first-order valence-electron chi connectivity index (χ1n) is 14.5. The van der Waals surface area contributed by atoms with Gasteiger partial charge in [0, 0.05) is 30.9 Å². The Bertz CT molecular complexity index is 1320. The van der Waals surface area contributed by atoms with Crippen LogP contribution >= 0.6 is 0 Å². The number of H-pyrrole nitrogens is 1. The highest BCUT2D eigenvalue weighted by molar-refractivity contribution is 5.82. The molecule has 3 aromatic carbocycles. The van der Waals surface area contributed by atoms with Gasteiger partial charge >= 0.3 is 0 Å². The lowest BCUT2D eigenvalue weighted by atomic mass is 9.93. The van der Waals surface area contributed by atoms with Crippen LogP contribution in [0.1, 0.15) is 61.3 Å². The average Bonchev–Trinajstić information content (AvgIpc) is 3.55. The summed E-state index contributed by atoms with van der Waals surface area (Å²) in [5, 5.41) is 47.1. The van der Waals surface area contributed by atoms with Crippen LogP contribution in [-0.4, -0.2) is 62.2 Å². The molecule has 9 nitrogen and oxygen atoms in total. The highest BCUT2D eigenvalue weighted by Gasteiger charge is 2.13. The Morgan fingerprint density at radius 3 is 2.32 bits per heavy atom. The number of aromatic amines is 1. The Balaban J connectivity index is 1.05. The second kappa shape index (κ2) is 16.6. The van der Waals surface area contributed by atoms with E-state index in [2.05, 4.69) is 56.3 Å². The Kier molecular flexibility index (Phi) is 12.3. The van der Waals surface area contributed by atoms with Gasteiger partial charge in [-0.05, 0) is 78.2 Å². The zero-order valence-corrected chi connectivity index (χ0v) is 23.5. The van der Waals surface area contributed by atoms with Crippen molar-refractivity contribution >= 4 is 0 Å². The van der Waals surface area contributed by atoms with Gasteiger partial charge in [-0.1, -0.05) is 67.4 Å².